The molecule has 2 aromatic carbocycles. The molecule has 0 aliphatic heterocycles. The number of hydrogen-bond donors (Lipinski definition) is 1. The molecule has 0 atom stereocenters. The second kappa shape index (κ2) is 5.97. The Bertz CT molecular complexity index is 586. The summed E-state index contributed by atoms with van der Waals surface area (Å²) in [5.41, 5.74) is 8.46. The summed E-state index contributed by atoms with van der Waals surface area (Å²) in [4.78, 5) is 1.00. The van der Waals surface area contributed by atoms with Crippen molar-refractivity contribution >= 4 is 17.4 Å². The number of aryl methyl sites for hydroxylation is 1. The standard InChI is InChI=1S/C15H16FNOS/c1-10-3-4-12(16)7-11(10)9-19-15-6-5-13(17)8-14(15)18-2/h3-8H,9,17H2,1-2H3. The Hall–Kier alpha value is -1.68. The third-order valence-corrected chi connectivity index (χ3v) is 3.99. The lowest BCUT2D eigenvalue weighted by Crippen LogP contribution is -1.92. The zero-order valence-corrected chi connectivity index (χ0v) is 11.8. The normalized spacial score (nSPS) is 10.5. The first-order valence-corrected chi connectivity index (χ1v) is 6.90. The highest BCUT2D eigenvalue weighted by Gasteiger charge is 2.06. The van der Waals surface area contributed by atoms with Gasteiger partial charge in [0, 0.05) is 22.4 Å². The first-order valence-electron chi connectivity index (χ1n) is 5.91. The molecule has 100 valence electrons. The molecule has 0 bridgehead atoms. The average Bonchev–Trinajstić information content (AvgIpc) is 2.40. The number of benzene rings is 2. The highest BCUT2D eigenvalue weighted by Crippen LogP contribution is 2.33. The van der Waals surface area contributed by atoms with Crippen LogP contribution in [0.3, 0.4) is 0 Å². The van der Waals surface area contributed by atoms with Crippen LogP contribution in [0, 0.1) is 12.7 Å². The van der Waals surface area contributed by atoms with Gasteiger partial charge in [-0.25, -0.2) is 4.39 Å². The van der Waals surface area contributed by atoms with Crippen molar-refractivity contribution in [3.8, 4) is 5.75 Å². The zero-order chi connectivity index (χ0) is 13.8. The van der Waals surface area contributed by atoms with E-state index in [1.807, 2.05) is 19.1 Å². The molecule has 0 heterocycles. The largest absolute Gasteiger partial charge is 0.496 e. The van der Waals surface area contributed by atoms with Crippen molar-refractivity contribution in [3.63, 3.8) is 0 Å². The van der Waals surface area contributed by atoms with E-state index >= 15 is 0 Å². The van der Waals surface area contributed by atoms with Crippen molar-refractivity contribution in [2.24, 2.45) is 0 Å². The third kappa shape index (κ3) is 3.41. The molecule has 2 aromatic rings. The first-order chi connectivity index (χ1) is 9.10. The van der Waals surface area contributed by atoms with Gasteiger partial charge < -0.3 is 10.5 Å². The monoisotopic (exact) mass is 277 g/mol. The summed E-state index contributed by atoms with van der Waals surface area (Å²) in [6.45, 7) is 1.98. The van der Waals surface area contributed by atoms with E-state index in [1.165, 1.54) is 6.07 Å². The second-order valence-corrected chi connectivity index (χ2v) is 5.29. The molecule has 4 heteroatoms. The van der Waals surface area contributed by atoms with Crippen LogP contribution < -0.4 is 10.5 Å². The fourth-order valence-corrected chi connectivity index (χ4v) is 2.83. The quantitative estimate of drug-likeness (QED) is 0.677. The second-order valence-electron chi connectivity index (χ2n) is 4.27. The summed E-state index contributed by atoms with van der Waals surface area (Å²) in [6.07, 6.45) is 0. The molecular formula is C15H16FNOS. The molecule has 2 rings (SSSR count). The Morgan fingerprint density at radius 2 is 2.00 bits per heavy atom. The van der Waals surface area contributed by atoms with Gasteiger partial charge in [0.25, 0.3) is 0 Å². The van der Waals surface area contributed by atoms with Gasteiger partial charge in [-0.05, 0) is 42.3 Å². The van der Waals surface area contributed by atoms with Crippen LogP contribution in [0.5, 0.6) is 5.75 Å². The van der Waals surface area contributed by atoms with Crippen molar-refractivity contribution in [1.29, 1.82) is 0 Å². The summed E-state index contributed by atoms with van der Waals surface area (Å²) >= 11 is 1.61. The number of thioether (sulfide) groups is 1. The number of nitrogens with two attached hydrogens (primary N) is 1. The van der Waals surface area contributed by atoms with E-state index in [-0.39, 0.29) is 5.82 Å². The predicted molar refractivity (Wildman–Crippen MR) is 78.1 cm³/mol. The van der Waals surface area contributed by atoms with Crippen LogP contribution in [-0.4, -0.2) is 7.11 Å². The van der Waals surface area contributed by atoms with Crippen LogP contribution >= 0.6 is 11.8 Å². The van der Waals surface area contributed by atoms with Crippen molar-refractivity contribution < 1.29 is 9.13 Å². The number of ether oxygens (including phenoxy) is 1. The number of methoxy groups -OCH3 is 1. The van der Waals surface area contributed by atoms with Crippen molar-refractivity contribution in [2.45, 2.75) is 17.6 Å². The molecular weight excluding hydrogens is 261 g/mol. The number of nitrogen functional groups attached to an aromatic ring is 1. The molecule has 0 aliphatic carbocycles. The Balaban J connectivity index is 2.16. The van der Waals surface area contributed by atoms with Gasteiger partial charge in [-0.3, -0.25) is 0 Å². The van der Waals surface area contributed by atoms with Crippen molar-refractivity contribution in [3.05, 3.63) is 53.3 Å². The molecule has 0 unspecified atom stereocenters. The maximum absolute atomic E-state index is 13.2. The van der Waals surface area contributed by atoms with E-state index in [1.54, 1.807) is 37.1 Å². The van der Waals surface area contributed by atoms with E-state index in [2.05, 4.69) is 0 Å². The van der Waals surface area contributed by atoms with Gasteiger partial charge in [-0.1, -0.05) is 6.07 Å². The molecule has 0 radical (unpaired) electrons. The minimum Gasteiger partial charge on any atom is -0.496 e. The summed E-state index contributed by atoms with van der Waals surface area (Å²) in [6, 6.07) is 10.4. The SMILES string of the molecule is COc1cc(N)ccc1SCc1cc(F)ccc1C. The molecule has 0 spiro atoms. The molecule has 0 aliphatic rings. The van der Waals surface area contributed by atoms with Crippen molar-refractivity contribution in [2.75, 3.05) is 12.8 Å². The Labute approximate surface area is 116 Å². The number of rotatable bonds is 4. The molecule has 0 fully saturated rings. The van der Waals surface area contributed by atoms with E-state index in [4.69, 9.17) is 10.5 Å². The minimum atomic E-state index is -0.203. The zero-order valence-electron chi connectivity index (χ0n) is 10.9. The molecule has 19 heavy (non-hydrogen) atoms. The fraction of sp³-hybridized carbons (Fsp3) is 0.200. The number of anilines is 1. The van der Waals surface area contributed by atoms with Gasteiger partial charge >= 0.3 is 0 Å². The van der Waals surface area contributed by atoms with Crippen LogP contribution in [0.4, 0.5) is 10.1 Å². The van der Waals surface area contributed by atoms with Gasteiger partial charge in [-0.2, -0.15) is 0 Å². The Kier molecular flexibility index (Phi) is 4.32. The topological polar surface area (TPSA) is 35.2 Å². The minimum absolute atomic E-state index is 0.203. The number of hydrogen-bond acceptors (Lipinski definition) is 3. The predicted octanol–water partition coefficient (Wildman–Crippen LogP) is 4.02. The van der Waals surface area contributed by atoms with Crippen LogP contribution in [0.25, 0.3) is 0 Å². The van der Waals surface area contributed by atoms with Gasteiger partial charge in [0.2, 0.25) is 0 Å². The van der Waals surface area contributed by atoms with Crippen molar-refractivity contribution in [1.82, 2.24) is 0 Å². The van der Waals surface area contributed by atoms with Crippen LogP contribution in [0.2, 0.25) is 0 Å². The van der Waals surface area contributed by atoms with Gasteiger partial charge in [-0.15, -0.1) is 11.8 Å². The lowest BCUT2D eigenvalue weighted by atomic mass is 10.1. The summed E-state index contributed by atoms with van der Waals surface area (Å²) in [5, 5.41) is 0. The van der Waals surface area contributed by atoms with E-state index in [0.29, 0.717) is 11.4 Å². The Morgan fingerprint density at radius 3 is 2.74 bits per heavy atom. The fourth-order valence-electron chi connectivity index (χ4n) is 1.75. The molecule has 0 saturated heterocycles. The van der Waals surface area contributed by atoms with E-state index in [0.717, 1.165) is 21.8 Å². The maximum atomic E-state index is 13.2. The molecule has 2 nitrogen and oxygen atoms in total. The summed E-state index contributed by atoms with van der Waals surface area (Å²) in [5.74, 6) is 1.24. The molecule has 0 saturated carbocycles. The summed E-state index contributed by atoms with van der Waals surface area (Å²) < 4.78 is 18.5. The average molecular weight is 277 g/mol. The van der Waals surface area contributed by atoms with Gasteiger partial charge in [0.15, 0.2) is 0 Å². The Morgan fingerprint density at radius 1 is 1.21 bits per heavy atom. The maximum Gasteiger partial charge on any atom is 0.134 e. The van der Waals surface area contributed by atoms with Crippen LogP contribution in [0.15, 0.2) is 41.3 Å². The lowest BCUT2D eigenvalue weighted by molar-refractivity contribution is 0.405. The van der Waals surface area contributed by atoms with E-state index in [9.17, 15) is 4.39 Å². The van der Waals surface area contributed by atoms with Crippen LogP contribution in [0.1, 0.15) is 11.1 Å². The molecule has 0 aromatic heterocycles. The van der Waals surface area contributed by atoms with Gasteiger partial charge in [0.1, 0.15) is 11.6 Å². The lowest BCUT2D eigenvalue weighted by Gasteiger charge is -2.10. The highest BCUT2D eigenvalue weighted by atomic mass is 32.2. The smallest absolute Gasteiger partial charge is 0.134 e. The highest BCUT2D eigenvalue weighted by molar-refractivity contribution is 7.98. The third-order valence-electron chi connectivity index (χ3n) is 2.88. The molecule has 0 amide bonds. The molecule has 2 N–H and O–H groups in total. The van der Waals surface area contributed by atoms with E-state index < -0.39 is 0 Å². The first kappa shape index (κ1) is 13.7. The number of halogens is 1. The van der Waals surface area contributed by atoms with Gasteiger partial charge in [0.05, 0.1) is 7.11 Å². The summed E-state index contributed by atoms with van der Waals surface area (Å²) in [7, 11) is 1.62. The van der Waals surface area contributed by atoms with Crippen LogP contribution in [-0.2, 0) is 5.75 Å².